The molecule has 0 unspecified atom stereocenters. The zero-order valence-electron chi connectivity index (χ0n) is 14.2. The van der Waals surface area contributed by atoms with Crippen molar-refractivity contribution in [3.63, 3.8) is 0 Å². The highest BCUT2D eigenvalue weighted by Crippen LogP contribution is 2.17. The Labute approximate surface area is 148 Å². The Kier molecular flexibility index (Phi) is 7.09. The lowest BCUT2D eigenvalue weighted by Gasteiger charge is -2.15. The Balaban J connectivity index is 1.90. The van der Waals surface area contributed by atoms with Gasteiger partial charge >= 0.3 is 0 Å². The van der Waals surface area contributed by atoms with Crippen LogP contribution in [0.25, 0.3) is 0 Å². The highest BCUT2D eigenvalue weighted by atomic mass is 35.5. The van der Waals surface area contributed by atoms with E-state index in [1.165, 1.54) is 5.56 Å². The monoisotopic (exact) mass is 345 g/mol. The fourth-order valence-corrected chi connectivity index (χ4v) is 2.36. The number of nitrogens with zero attached hydrogens (tertiary/aromatic N) is 1. The van der Waals surface area contributed by atoms with E-state index < -0.39 is 0 Å². The molecule has 5 heteroatoms. The summed E-state index contributed by atoms with van der Waals surface area (Å²) in [6.07, 6.45) is 0.889. The fraction of sp³-hybridized carbons (Fsp3) is 0.316. The van der Waals surface area contributed by atoms with Crippen LogP contribution in [-0.2, 0) is 11.2 Å². The predicted octanol–water partition coefficient (Wildman–Crippen LogP) is 3.90. The molecule has 0 aliphatic carbocycles. The second kappa shape index (κ2) is 9.30. The summed E-state index contributed by atoms with van der Waals surface area (Å²) in [6, 6.07) is 15.6. The first-order valence-corrected chi connectivity index (χ1v) is 8.38. The van der Waals surface area contributed by atoms with Gasteiger partial charge in [-0.1, -0.05) is 35.9 Å². The Bertz CT molecular complexity index is 656. The first-order valence-electron chi connectivity index (χ1n) is 8.00. The van der Waals surface area contributed by atoms with Gasteiger partial charge in [0.1, 0.15) is 6.61 Å². The predicted molar refractivity (Wildman–Crippen MR) is 101 cm³/mol. The molecule has 0 heterocycles. The molecule has 2 N–H and O–H groups in total. The first-order chi connectivity index (χ1) is 11.6. The molecule has 0 saturated heterocycles. The maximum Gasteiger partial charge on any atom is 0.215 e. The summed E-state index contributed by atoms with van der Waals surface area (Å²) in [7, 11) is 3.97. The molecule has 0 spiro atoms. The summed E-state index contributed by atoms with van der Waals surface area (Å²) in [6.45, 7) is 2.07. The van der Waals surface area contributed by atoms with Gasteiger partial charge in [-0.3, -0.25) is 5.41 Å². The Morgan fingerprint density at radius 3 is 2.54 bits per heavy atom. The SMILES string of the molecule is CN(C)CCOC(=N)c1ccccc1NCCc1ccc(Cl)cc1. The van der Waals surface area contributed by atoms with Crippen LogP contribution in [-0.4, -0.2) is 44.6 Å². The number of halogens is 1. The molecule has 0 radical (unpaired) electrons. The summed E-state index contributed by atoms with van der Waals surface area (Å²) in [5, 5.41) is 12.3. The van der Waals surface area contributed by atoms with Crippen molar-refractivity contribution in [2.75, 3.05) is 39.1 Å². The molecule has 0 saturated carbocycles. The number of ether oxygens (including phenoxy) is 1. The standard InChI is InChI=1S/C19H24ClN3O/c1-23(2)13-14-24-19(21)17-5-3-4-6-18(17)22-12-11-15-7-9-16(20)10-8-15/h3-10,21-22H,11-14H2,1-2H3. The number of para-hydroxylation sites is 1. The van der Waals surface area contributed by atoms with E-state index in [9.17, 15) is 0 Å². The number of hydrogen-bond donors (Lipinski definition) is 2. The average molecular weight is 346 g/mol. The largest absolute Gasteiger partial charge is 0.476 e. The van der Waals surface area contributed by atoms with Crippen LogP contribution in [0.15, 0.2) is 48.5 Å². The van der Waals surface area contributed by atoms with E-state index in [0.717, 1.165) is 35.8 Å². The van der Waals surface area contributed by atoms with Crippen LogP contribution in [0.4, 0.5) is 5.69 Å². The number of hydrogen-bond acceptors (Lipinski definition) is 4. The van der Waals surface area contributed by atoms with E-state index in [4.69, 9.17) is 21.7 Å². The first kappa shape index (κ1) is 18.3. The number of likely N-dealkylation sites (N-methyl/N-ethyl adjacent to an activating group) is 1. The van der Waals surface area contributed by atoms with Crippen molar-refractivity contribution in [1.82, 2.24) is 4.90 Å². The van der Waals surface area contributed by atoms with Crippen molar-refractivity contribution < 1.29 is 4.74 Å². The number of benzene rings is 2. The fourth-order valence-electron chi connectivity index (χ4n) is 2.24. The van der Waals surface area contributed by atoms with E-state index in [2.05, 4.69) is 5.32 Å². The van der Waals surface area contributed by atoms with E-state index in [-0.39, 0.29) is 5.90 Å². The van der Waals surface area contributed by atoms with E-state index in [1.807, 2.05) is 67.5 Å². The van der Waals surface area contributed by atoms with E-state index >= 15 is 0 Å². The minimum atomic E-state index is 0.200. The van der Waals surface area contributed by atoms with Gasteiger partial charge in [-0.05, 0) is 50.3 Å². The van der Waals surface area contributed by atoms with Gasteiger partial charge in [-0.25, -0.2) is 0 Å². The molecule has 24 heavy (non-hydrogen) atoms. The van der Waals surface area contributed by atoms with Gasteiger partial charge in [0.05, 0.1) is 5.56 Å². The van der Waals surface area contributed by atoms with Gasteiger partial charge in [-0.15, -0.1) is 0 Å². The quantitative estimate of drug-likeness (QED) is 0.563. The smallest absolute Gasteiger partial charge is 0.215 e. The van der Waals surface area contributed by atoms with Crippen molar-refractivity contribution in [1.29, 1.82) is 5.41 Å². The molecule has 128 valence electrons. The highest BCUT2D eigenvalue weighted by Gasteiger charge is 2.08. The minimum absolute atomic E-state index is 0.200. The molecule has 0 amide bonds. The van der Waals surface area contributed by atoms with Crippen molar-refractivity contribution in [3.05, 3.63) is 64.7 Å². The van der Waals surface area contributed by atoms with Crippen molar-refractivity contribution >= 4 is 23.2 Å². The summed E-state index contributed by atoms with van der Waals surface area (Å²) in [5.41, 5.74) is 2.93. The van der Waals surface area contributed by atoms with Gasteiger partial charge in [0.15, 0.2) is 0 Å². The van der Waals surface area contributed by atoms with Crippen LogP contribution in [0.1, 0.15) is 11.1 Å². The van der Waals surface area contributed by atoms with Gasteiger partial charge in [0.25, 0.3) is 0 Å². The van der Waals surface area contributed by atoms with Crippen LogP contribution < -0.4 is 5.32 Å². The molecule has 0 bridgehead atoms. The lowest BCUT2D eigenvalue weighted by Crippen LogP contribution is -2.20. The third-order valence-corrected chi connectivity index (χ3v) is 3.85. The van der Waals surface area contributed by atoms with Crippen molar-refractivity contribution in [3.8, 4) is 0 Å². The van der Waals surface area contributed by atoms with Gasteiger partial charge in [-0.2, -0.15) is 0 Å². The molecule has 4 nitrogen and oxygen atoms in total. The number of anilines is 1. The van der Waals surface area contributed by atoms with E-state index in [1.54, 1.807) is 0 Å². The minimum Gasteiger partial charge on any atom is -0.476 e. The molecular formula is C19H24ClN3O. The average Bonchev–Trinajstić information content (AvgIpc) is 2.56. The molecule has 0 aromatic heterocycles. The molecule has 2 rings (SSSR count). The Morgan fingerprint density at radius 1 is 1.12 bits per heavy atom. The number of nitrogens with one attached hydrogen (secondary N) is 2. The normalized spacial score (nSPS) is 10.7. The molecule has 0 aliphatic heterocycles. The summed E-state index contributed by atoms with van der Waals surface area (Å²) >= 11 is 5.90. The van der Waals surface area contributed by atoms with Crippen LogP contribution in [0.3, 0.4) is 0 Å². The molecule has 0 atom stereocenters. The van der Waals surface area contributed by atoms with Gasteiger partial charge in [0.2, 0.25) is 5.90 Å². The van der Waals surface area contributed by atoms with Crippen molar-refractivity contribution in [2.45, 2.75) is 6.42 Å². The second-order valence-electron chi connectivity index (χ2n) is 5.83. The maximum atomic E-state index is 8.14. The van der Waals surface area contributed by atoms with Crippen LogP contribution in [0.5, 0.6) is 0 Å². The van der Waals surface area contributed by atoms with Gasteiger partial charge < -0.3 is 15.0 Å². The highest BCUT2D eigenvalue weighted by molar-refractivity contribution is 6.30. The molecule has 0 fully saturated rings. The molecule has 0 aliphatic rings. The van der Waals surface area contributed by atoms with Gasteiger partial charge in [0, 0.05) is 23.8 Å². The Morgan fingerprint density at radius 2 is 1.83 bits per heavy atom. The lowest BCUT2D eigenvalue weighted by molar-refractivity contribution is 0.250. The van der Waals surface area contributed by atoms with Crippen LogP contribution >= 0.6 is 11.6 Å². The Hall–Kier alpha value is -2.04. The van der Waals surface area contributed by atoms with Crippen LogP contribution in [0, 0.1) is 5.41 Å². The topological polar surface area (TPSA) is 48.4 Å². The van der Waals surface area contributed by atoms with Crippen LogP contribution in [0.2, 0.25) is 5.02 Å². The summed E-state index contributed by atoms with van der Waals surface area (Å²) in [5.74, 6) is 0.200. The third kappa shape index (κ3) is 5.87. The third-order valence-electron chi connectivity index (χ3n) is 3.60. The van der Waals surface area contributed by atoms with E-state index in [0.29, 0.717) is 6.61 Å². The molecule has 2 aromatic carbocycles. The molecule has 2 aromatic rings. The number of rotatable bonds is 8. The maximum absolute atomic E-state index is 8.14. The molecular weight excluding hydrogens is 322 g/mol. The zero-order valence-corrected chi connectivity index (χ0v) is 14.9. The summed E-state index contributed by atoms with van der Waals surface area (Å²) in [4.78, 5) is 2.03. The lowest BCUT2D eigenvalue weighted by atomic mass is 10.1. The van der Waals surface area contributed by atoms with Crippen molar-refractivity contribution in [2.24, 2.45) is 0 Å². The zero-order chi connectivity index (χ0) is 17.4. The summed E-state index contributed by atoms with van der Waals surface area (Å²) < 4.78 is 5.54. The second-order valence-corrected chi connectivity index (χ2v) is 6.27.